The molecule has 4 nitrogen and oxygen atoms in total. The minimum absolute atomic E-state index is 0.618. The second kappa shape index (κ2) is 11.9. The second-order valence-corrected chi connectivity index (χ2v) is 12.9. The molecule has 0 aliphatic rings. The van der Waals surface area contributed by atoms with Gasteiger partial charge in [0, 0.05) is 27.5 Å². The Bertz CT molecular complexity index is 2910. The van der Waals surface area contributed by atoms with Crippen molar-refractivity contribution in [2.75, 3.05) is 0 Å². The Hall–Kier alpha value is -6.91. The lowest BCUT2D eigenvalue weighted by Crippen LogP contribution is -2.00. The molecule has 8 aromatic carbocycles. The minimum Gasteiger partial charge on any atom is -0.456 e. The van der Waals surface area contributed by atoms with Gasteiger partial charge in [0.05, 0.1) is 0 Å². The van der Waals surface area contributed by atoms with Crippen molar-refractivity contribution >= 4 is 43.5 Å². The van der Waals surface area contributed by atoms with Crippen LogP contribution in [0.5, 0.6) is 0 Å². The van der Waals surface area contributed by atoms with Gasteiger partial charge in [-0.3, -0.25) is 0 Å². The van der Waals surface area contributed by atoms with E-state index >= 15 is 0 Å². The number of hydrogen-bond donors (Lipinski definition) is 0. The lowest BCUT2D eigenvalue weighted by atomic mass is 9.97. The summed E-state index contributed by atoms with van der Waals surface area (Å²) in [5, 5.41) is 6.86. The van der Waals surface area contributed by atoms with Crippen molar-refractivity contribution in [3.8, 4) is 56.4 Å². The predicted octanol–water partition coefficient (Wildman–Crippen LogP) is 12.4. The summed E-state index contributed by atoms with van der Waals surface area (Å²) in [6.07, 6.45) is 0. The summed E-state index contributed by atoms with van der Waals surface area (Å²) in [4.78, 5) is 15.2. The maximum absolute atomic E-state index is 6.40. The van der Waals surface area contributed by atoms with Gasteiger partial charge in [0.15, 0.2) is 17.5 Å². The van der Waals surface area contributed by atoms with Crippen LogP contribution < -0.4 is 0 Å². The zero-order valence-corrected chi connectivity index (χ0v) is 27.5. The Balaban J connectivity index is 1.12. The summed E-state index contributed by atoms with van der Waals surface area (Å²) in [6, 6.07) is 61.1. The third-order valence-electron chi connectivity index (χ3n) is 9.69. The van der Waals surface area contributed by atoms with E-state index in [1.54, 1.807) is 0 Å². The zero-order valence-electron chi connectivity index (χ0n) is 27.5. The molecule has 10 aromatic rings. The van der Waals surface area contributed by atoms with Crippen molar-refractivity contribution in [1.82, 2.24) is 15.0 Å². The number of aromatic nitrogens is 3. The number of rotatable bonds is 5. The van der Waals surface area contributed by atoms with Gasteiger partial charge in [-0.2, -0.15) is 0 Å². The molecule has 0 radical (unpaired) electrons. The summed E-state index contributed by atoms with van der Waals surface area (Å²) in [5.74, 6) is 1.88. The molecule has 0 saturated carbocycles. The minimum atomic E-state index is 0.618. The molecule has 238 valence electrons. The number of benzene rings is 8. The molecule has 0 unspecified atom stereocenters. The summed E-state index contributed by atoms with van der Waals surface area (Å²) in [6.45, 7) is 0. The fourth-order valence-corrected chi connectivity index (χ4v) is 7.11. The molecule has 10 rings (SSSR count). The van der Waals surface area contributed by atoms with Crippen LogP contribution >= 0.6 is 0 Å². The van der Waals surface area contributed by atoms with Gasteiger partial charge in [-0.05, 0) is 74.1 Å². The summed E-state index contributed by atoms with van der Waals surface area (Å²) in [5.41, 5.74) is 9.01. The Labute approximate surface area is 294 Å². The van der Waals surface area contributed by atoms with E-state index in [0.29, 0.717) is 17.5 Å². The van der Waals surface area contributed by atoms with E-state index in [1.165, 1.54) is 16.3 Å². The highest BCUT2D eigenvalue weighted by atomic mass is 16.3. The van der Waals surface area contributed by atoms with Crippen molar-refractivity contribution in [3.63, 3.8) is 0 Å². The SMILES string of the molecule is c1ccc(-c2ccc(-c3nc(-c4cccc(-c5cccc6oc7cc8ccccc8cc7c56)c4)nc(-c4ccc5ccccc5c4)n3)cc2)cc1. The van der Waals surface area contributed by atoms with Crippen LogP contribution in [0.2, 0.25) is 0 Å². The van der Waals surface area contributed by atoms with Crippen molar-refractivity contribution in [1.29, 1.82) is 0 Å². The van der Waals surface area contributed by atoms with Gasteiger partial charge in [-0.25, -0.2) is 15.0 Å². The van der Waals surface area contributed by atoms with Crippen molar-refractivity contribution in [2.24, 2.45) is 0 Å². The highest BCUT2D eigenvalue weighted by molar-refractivity contribution is 6.15. The van der Waals surface area contributed by atoms with E-state index in [1.807, 2.05) is 12.1 Å². The third kappa shape index (κ3) is 5.22. The lowest BCUT2D eigenvalue weighted by Gasteiger charge is -2.11. The van der Waals surface area contributed by atoms with Gasteiger partial charge >= 0.3 is 0 Å². The standard InChI is InChI=1S/C47H29N3O/c1-2-10-30(11-3-1)32-20-23-33(24-21-32)45-48-46(50-47(49-45)39-25-22-31-12-4-5-13-34(31)26-39)38-17-8-16-37(27-38)40-18-9-19-42-44(40)41-28-35-14-6-7-15-36(35)29-43(41)51-42/h1-29H. The molecule has 2 aromatic heterocycles. The first-order chi connectivity index (χ1) is 25.2. The number of hydrogen-bond acceptors (Lipinski definition) is 4. The van der Waals surface area contributed by atoms with E-state index in [-0.39, 0.29) is 0 Å². The van der Waals surface area contributed by atoms with E-state index in [9.17, 15) is 0 Å². The number of fused-ring (bicyclic) bond motifs is 5. The highest BCUT2D eigenvalue weighted by Gasteiger charge is 2.17. The van der Waals surface area contributed by atoms with Crippen LogP contribution in [0.4, 0.5) is 0 Å². The predicted molar refractivity (Wildman–Crippen MR) is 209 cm³/mol. The van der Waals surface area contributed by atoms with E-state index in [4.69, 9.17) is 19.4 Å². The van der Waals surface area contributed by atoms with Crippen molar-refractivity contribution in [3.05, 3.63) is 176 Å². The van der Waals surface area contributed by atoms with Crippen LogP contribution in [0.1, 0.15) is 0 Å². The van der Waals surface area contributed by atoms with Crippen LogP contribution in [0.3, 0.4) is 0 Å². The average molecular weight is 652 g/mol. The van der Waals surface area contributed by atoms with Gasteiger partial charge in [0.2, 0.25) is 0 Å². The molecule has 2 heterocycles. The quantitative estimate of drug-likeness (QED) is 0.186. The van der Waals surface area contributed by atoms with Gasteiger partial charge in [-0.1, -0.05) is 146 Å². The Kier molecular flexibility index (Phi) is 6.78. The van der Waals surface area contributed by atoms with Gasteiger partial charge < -0.3 is 4.42 Å². The van der Waals surface area contributed by atoms with Gasteiger partial charge in [-0.15, -0.1) is 0 Å². The largest absolute Gasteiger partial charge is 0.456 e. The van der Waals surface area contributed by atoms with Crippen LogP contribution in [0.25, 0.3) is 99.9 Å². The Morgan fingerprint density at radius 3 is 1.61 bits per heavy atom. The molecule has 0 aliphatic heterocycles. The van der Waals surface area contributed by atoms with Crippen LogP contribution in [0, 0.1) is 0 Å². The normalized spacial score (nSPS) is 11.5. The molecule has 4 heteroatoms. The first kappa shape index (κ1) is 29.0. The van der Waals surface area contributed by atoms with Crippen LogP contribution in [-0.4, -0.2) is 15.0 Å². The van der Waals surface area contributed by atoms with Crippen LogP contribution in [0.15, 0.2) is 180 Å². The Morgan fingerprint density at radius 1 is 0.314 bits per heavy atom. The first-order valence-electron chi connectivity index (χ1n) is 17.1. The molecule has 0 aliphatic carbocycles. The topological polar surface area (TPSA) is 51.8 Å². The molecular weight excluding hydrogens is 623 g/mol. The number of furan rings is 1. The monoisotopic (exact) mass is 651 g/mol. The maximum Gasteiger partial charge on any atom is 0.164 e. The van der Waals surface area contributed by atoms with Crippen molar-refractivity contribution < 1.29 is 4.42 Å². The molecule has 0 spiro atoms. The molecule has 0 saturated heterocycles. The van der Waals surface area contributed by atoms with Gasteiger partial charge in [0.1, 0.15) is 11.2 Å². The Morgan fingerprint density at radius 2 is 0.843 bits per heavy atom. The van der Waals surface area contributed by atoms with Crippen molar-refractivity contribution in [2.45, 2.75) is 0 Å². The second-order valence-electron chi connectivity index (χ2n) is 12.9. The molecule has 0 bridgehead atoms. The smallest absolute Gasteiger partial charge is 0.164 e. The molecule has 0 atom stereocenters. The molecule has 0 N–H and O–H groups in total. The van der Waals surface area contributed by atoms with Crippen LogP contribution in [-0.2, 0) is 0 Å². The molecule has 0 amide bonds. The summed E-state index contributed by atoms with van der Waals surface area (Å²) >= 11 is 0. The summed E-state index contributed by atoms with van der Waals surface area (Å²) < 4.78 is 6.40. The lowest BCUT2D eigenvalue weighted by molar-refractivity contribution is 0.669. The molecule has 51 heavy (non-hydrogen) atoms. The first-order valence-corrected chi connectivity index (χ1v) is 17.1. The summed E-state index contributed by atoms with van der Waals surface area (Å²) in [7, 11) is 0. The van der Waals surface area contributed by atoms with Gasteiger partial charge in [0.25, 0.3) is 0 Å². The zero-order chi connectivity index (χ0) is 33.7. The fourth-order valence-electron chi connectivity index (χ4n) is 7.11. The average Bonchev–Trinajstić information content (AvgIpc) is 3.57. The molecular formula is C47H29N3O. The highest BCUT2D eigenvalue weighted by Crippen LogP contribution is 2.39. The number of nitrogens with zero attached hydrogens (tertiary/aromatic N) is 3. The van der Waals surface area contributed by atoms with E-state index in [0.717, 1.165) is 66.1 Å². The van der Waals surface area contributed by atoms with E-state index in [2.05, 4.69) is 164 Å². The van der Waals surface area contributed by atoms with E-state index < -0.39 is 0 Å². The fraction of sp³-hybridized carbons (Fsp3) is 0. The maximum atomic E-state index is 6.40. The molecule has 0 fully saturated rings. The third-order valence-corrected chi connectivity index (χ3v) is 9.69.